The Morgan fingerprint density at radius 3 is 2.83 bits per heavy atom. The Morgan fingerprint density at radius 2 is 2.21 bits per heavy atom. The monoisotopic (exact) mass is 331 g/mol. The van der Waals surface area contributed by atoms with Gasteiger partial charge < -0.3 is 15.0 Å². The maximum Gasteiger partial charge on any atom is 0.224 e. The molecule has 1 aliphatic heterocycles. The number of carbonyl (C=O) groups excluding carboxylic acids is 1. The van der Waals surface area contributed by atoms with Crippen LogP contribution in [0.15, 0.2) is 24.5 Å². The molecule has 0 atom stereocenters. The molecule has 132 valence electrons. The summed E-state index contributed by atoms with van der Waals surface area (Å²) in [6.45, 7) is 4.08. The van der Waals surface area contributed by atoms with Crippen molar-refractivity contribution >= 4 is 5.91 Å². The molecular weight excluding hydrogens is 302 g/mol. The average Bonchev–Trinajstić information content (AvgIpc) is 3.40. The van der Waals surface area contributed by atoms with E-state index in [4.69, 9.17) is 4.74 Å². The van der Waals surface area contributed by atoms with Crippen LogP contribution >= 0.6 is 0 Å². The van der Waals surface area contributed by atoms with Crippen molar-refractivity contribution in [1.29, 1.82) is 0 Å². The number of nitrogens with zero attached hydrogens (tertiary/aromatic N) is 2. The molecule has 5 heteroatoms. The van der Waals surface area contributed by atoms with Gasteiger partial charge in [0.25, 0.3) is 0 Å². The van der Waals surface area contributed by atoms with Crippen LogP contribution in [0.1, 0.15) is 37.7 Å². The number of likely N-dealkylation sites (tertiary alicyclic amines) is 1. The average molecular weight is 331 g/mol. The summed E-state index contributed by atoms with van der Waals surface area (Å²) in [7, 11) is 1.73. The van der Waals surface area contributed by atoms with E-state index in [-0.39, 0.29) is 11.4 Å². The van der Waals surface area contributed by atoms with Crippen LogP contribution in [0.3, 0.4) is 0 Å². The number of carbonyl (C=O) groups is 1. The lowest BCUT2D eigenvalue weighted by Crippen LogP contribution is -2.56. The van der Waals surface area contributed by atoms with Crippen molar-refractivity contribution in [2.75, 3.05) is 33.4 Å². The molecular formula is C19H29N3O2. The minimum Gasteiger partial charge on any atom is -0.385 e. The van der Waals surface area contributed by atoms with Gasteiger partial charge in [0, 0.05) is 51.3 Å². The van der Waals surface area contributed by atoms with Gasteiger partial charge in [0.2, 0.25) is 5.91 Å². The van der Waals surface area contributed by atoms with Crippen molar-refractivity contribution in [3.05, 3.63) is 30.1 Å². The smallest absolute Gasteiger partial charge is 0.224 e. The molecule has 0 bridgehead atoms. The first-order valence-corrected chi connectivity index (χ1v) is 9.10. The Bertz CT molecular complexity index is 523. The highest BCUT2D eigenvalue weighted by molar-refractivity contribution is 5.79. The number of aromatic nitrogens is 1. The van der Waals surface area contributed by atoms with E-state index >= 15 is 0 Å². The molecule has 2 fully saturated rings. The Hall–Kier alpha value is -1.46. The summed E-state index contributed by atoms with van der Waals surface area (Å²) in [4.78, 5) is 19.2. The first-order valence-electron chi connectivity index (χ1n) is 9.10. The van der Waals surface area contributed by atoms with Gasteiger partial charge in [-0.3, -0.25) is 9.78 Å². The number of nitrogens with one attached hydrogen (secondary N) is 1. The van der Waals surface area contributed by atoms with Gasteiger partial charge in [0.15, 0.2) is 0 Å². The summed E-state index contributed by atoms with van der Waals surface area (Å²) < 4.78 is 5.30. The molecule has 1 aromatic rings. The van der Waals surface area contributed by atoms with E-state index in [1.54, 1.807) is 19.5 Å². The van der Waals surface area contributed by atoms with Crippen molar-refractivity contribution < 1.29 is 9.53 Å². The zero-order valence-corrected chi connectivity index (χ0v) is 14.7. The lowest BCUT2D eigenvalue weighted by Gasteiger charge is -2.42. The van der Waals surface area contributed by atoms with Gasteiger partial charge in [-0.1, -0.05) is 6.07 Å². The lowest BCUT2D eigenvalue weighted by molar-refractivity contribution is -0.123. The third-order valence-electron chi connectivity index (χ3n) is 5.30. The predicted molar refractivity (Wildman–Crippen MR) is 93.7 cm³/mol. The molecule has 1 saturated carbocycles. The van der Waals surface area contributed by atoms with E-state index in [9.17, 15) is 4.79 Å². The molecule has 0 spiro atoms. The van der Waals surface area contributed by atoms with Gasteiger partial charge in [-0.05, 0) is 49.7 Å². The standard InChI is InChI=1S/C19H29N3O2/c1-24-12-8-19(6-10-22(11-7-19)15-16-4-5-16)21-18(23)13-17-3-2-9-20-14-17/h2-3,9,14,16H,4-8,10-13,15H2,1H3,(H,21,23). The Balaban J connectivity index is 1.55. The zero-order chi connectivity index (χ0) is 16.8. The minimum absolute atomic E-state index is 0.0924. The second kappa shape index (κ2) is 8.08. The number of piperidine rings is 1. The summed E-state index contributed by atoms with van der Waals surface area (Å²) in [5.41, 5.74) is 0.845. The molecule has 3 rings (SSSR count). The van der Waals surface area contributed by atoms with E-state index in [2.05, 4.69) is 15.2 Å². The highest BCUT2D eigenvalue weighted by Gasteiger charge is 2.36. The molecule has 2 heterocycles. The fraction of sp³-hybridized carbons (Fsp3) is 0.684. The van der Waals surface area contributed by atoms with Crippen molar-refractivity contribution in [2.24, 2.45) is 5.92 Å². The van der Waals surface area contributed by atoms with E-state index < -0.39 is 0 Å². The van der Waals surface area contributed by atoms with Crippen LogP contribution in [0, 0.1) is 5.92 Å². The number of ether oxygens (including phenoxy) is 1. The third kappa shape index (κ3) is 5.02. The Labute approximate surface area is 144 Å². The van der Waals surface area contributed by atoms with Crippen LogP contribution in [0.4, 0.5) is 0 Å². The van der Waals surface area contributed by atoms with E-state index in [1.165, 1.54) is 19.4 Å². The van der Waals surface area contributed by atoms with Crippen LogP contribution in [-0.4, -0.2) is 54.7 Å². The van der Waals surface area contributed by atoms with Crippen LogP contribution < -0.4 is 5.32 Å². The van der Waals surface area contributed by atoms with Gasteiger partial charge in [0.1, 0.15) is 0 Å². The molecule has 0 aromatic carbocycles. The fourth-order valence-corrected chi connectivity index (χ4v) is 3.59. The van der Waals surface area contributed by atoms with Crippen molar-refractivity contribution in [2.45, 2.75) is 44.1 Å². The topological polar surface area (TPSA) is 54.5 Å². The van der Waals surface area contributed by atoms with Crippen molar-refractivity contribution in [3.63, 3.8) is 0 Å². The Kier molecular flexibility index (Phi) is 5.85. The van der Waals surface area contributed by atoms with E-state index in [1.807, 2.05) is 12.1 Å². The number of amides is 1. The first-order chi connectivity index (χ1) is 11.7. The number of methoxy groups -OCH3 is 1. The summed E-state index contributed by atoms with van der Waals surface area (Å²) >= 11 is 0. The van der Waals surface area contributed by atoms with Crippen molar-refractivity contribution in [3.8, 4) is 0 Å². The second-order valence-corrected chi connectivity index (χ2v) is 7.35. The van der Waals surface area contributed by atoms with Gasteiger partial charge >= 0.3 is 0 Å². The van der Waals surface area contributed by atoms with Crippen LogP contribution in [0.25, 0.3) is 0 Å². The molecule has 2 aliphatic rings. The minimum atomic E-state index is -0.116. The molecule has 0 unspecified atom stereocenters. The molecule has 1 amide bonds. The normalized spacial score (nSPS) is 20.7. The van der Waals surface area contributed by atoms with Gasteiger partial charge in [-0.2, -0.15) is 0 Å². The summed E-state index contributed by atoms with van der Waals surface area (Å²) in [5, 5.41) is 3.33. The number of pyridine rings is 1. The fourth-order valence-electron chi connectivity index (χ4n) is 3.59. The number of hydrogen-bond acceptors (Lipinski definition) is 4. The molecule has 24 heavy (non-hydrogen) atoms. The van der Waals surface area contributed by atoms with Crippen molar-refractivity contribution in [1.82, 2.24) is 15.2 Å². The molecule has 1 N–H and O–H groups in total. The lowest BCUT2D eigenvalue weighted by atomic mass is 9.84. The molecule has 5 nitrogen and oxygen atoms in total. The number of hydrogen-bond donors (Lipinski definition) is 1. The van der Waals surface area contributed by atoms with Gasteiger partial charge in [0.05, 0.1) is 6.42 Å². The molecule has 0 radical (unpaired) electrons. The van der Waals surface area contributed by atoms with E-state index in [0.29, 0.717) is 13.0 Å². The summed E-state index contributed by atoms with van der Waals surface area (Å²) in [6, 6.07) is 3.83. The summed E-state index contributed by atoms with van der Waals surface area (Å²) in [6.07, 6.45) is 9.61. The quantitative estimate of drug-likeness (QED) is 0.792. The molecule has 1 aliphatic carbocycles. The molecule has 1 saturated heterocycles. The van der Waals surface area contributed by atoms with E-state index in [0.717, 1.165) is 43.8 Å². The third-order valence-corrected chi connectivity index (χ3v) is 5.30. The van der Waals surface area contributed by atoms with Crippen LogP contribution in [0.2, 0.25) is 0 Å². The maximum atomic E-state index is 12.5. The highest BCUT2D eigenvalue weighted by Crippen LogP contribution is 2.32. The summed E-state index contributed by atoms with van der Waals surface area (Å²) in [5.74, 6) is 1.02. The van der Waals surface area contributed by atoms with Crippen LogP contribution in [-0.2, 0) is 16.0 Å². The largest absolute Gasteiger partial charge is 0.385 e. The van der Waals surface area contributed by atoms with Gasteiger partial charge in [-0.15, -0.1) is 0 Å². The second-order valence-electron chi connectivity index (χ2n) is 7.35. The zero-order valence-electron chi connectivity index (χ0n) is 14.7. The maximum absolute atomic E-state index is 12.5. The Morgan fingerprint density at radius 1 is 1.42 bits per heavy atom. The molecule has 1 aromatic heterocycles. The van der Waals surface area contributed by atoms with Gasteiger partial charge in [-0.25, -0.2) is 0 Å². The van der Waals surface area contributed by atoms with Crippen LogP contribution in [0.5, 0.6) is 0 Å². The predicted octanol–water partition coefficient (Wildman–Crippen LogP) is 2.02. The highest BCUT2D eigenvalue weighted by atomic mass is 16.5. The number of rotatable bonds is 8. The SMILES string of the molecule is COCCC1(NC(=O)Cc2cccnc2)CCN(CC2CC2)CC1. The first kappa shape index (κ1) is 17.4.